The molecule has 1 aromatic rings. The molecule has 0 saturated carbocycles. The Morgan fingerprint density at radius 3 is 2.87 bits per heavy atom. The summed E-state index contributed by atoms with van der Waals surface area (Å²) in [5, 5.41) is 5.31. The molecule has 15 heavy (non-hydrogen) atoms. The lowest BCUT2D eigenvalue weighted by atomic mass is 10.2. The van der Waals surface area contributed by atoms with Gasteiger partial charge in [-0.3, -0.25) is 9.48 Å². The summed E-state index contributed by atoms with van der Waals surface area (Å²) >= 11 is 1.62. The van der Waals surface area contributed by atoms with E-state index in [4.69, 9.17) is 0 Å². The molecule has 1 atom stereocenters. The number of aromatic nitrogens is 2. The molecule has 1 heterocycles. The Hall–Kier alpha value is -0.970. The van der Waals surface area contributed by atoms with Crippen LogP contribution >= 0.6 is 11.8 Å². The number of carbonyl (C=O) groups is 1. The van der Waals surface area contributed by atoms with Gasteiger partial charge in [-0.2, -0.15) is 5.10 Å². The quantitative estimate of drug-likeness (QED) is 0.580. The van der Waals surface area contributed by atoms with E-state index >= 15 is 0 Å². The summed E-state index contributed by atoms with van der Waals surface area (Å²) in [7, 11) is 3.32. The number of hydrogen-bond donors (Lipinski definition) is 0. The molecule has 4 nitrogen and oxygen atoms in total. The standard InChI is InChI=1S/C10H16N2O2S/c1-7(10(13)14-4)6-15-9-5-8(2)11-12(9)3/h5,7H,6H2,1-4H3. The van der Waals surface area contributed by atoms with Crippen molar-refractivity contribution >= 4 is 17.7 Å². The fourth-order valence-corrected chi connectivity index (χ4v) is 2.24. The zero-order chi connectivity index (χ0) is 11.4. The topological polar surface area (TPSA) is 44.1 Å². The molecule has 1 rings (SSSR count). The molecule has 5 heteroatoms. The van der Waals surface area contributed by atoms with Crippen molar-refractivity contribution in [2.45, 2.75) is 18.9 Å². The summed E-state index contributed by atoms with van der Waals surface area (Å²) in [5.74, 6) is 0.461. The zero-order valence-corrected chi connectivity index (χ0v) is 10.3. The largest absolute Gasteiger partial charge is 0.469 e. The average Bonchev–Trinajstić information content (AvgIpc) is 2.52. The predicted octanol–water partition coefficient (Wildman–Crippen LogP) is 1.63. The van der Waals surface area contributed by atoms with Crippen molar-refractivity contribution in [3.05, 3.63) is 11.8 Å². The molecule has 0 bridgehead atoms. The SMILES string of the molecule is COC(=O)C(C)CSc1cc(C)nn1C. The fraction of sp³-hybridized carbons (Fsp3) is 0.600. The first-order valence-corrected chi connectivity index (χ1v) is 5.74. The summed E-state index contributed by atoms with van der Waals surface area (Å²) in [4.78, 5) is 11.2. The number of thioether (sulfide) groups is 1. The maximum atomic E-state index is 11.2. The van der Waals surface area contributed by atoms with Gasteiger partial charge in [0, 0.05) is 12.8 Å². The average molecular weight is 228 g/mol. The van der Waals surface area contributed by atoms with Gasteiger partial charge in [0.2, 0.25) is 0 Å². The van der Waals surface area contributed by atoms with Crippen LogP contribution < -0.4 is 0 Å². The first kappa shape index (κ1) is 12.1. The summed E-state index contributed by atoms with van der Waals surface area (Å²) in [5.41, 5.74) is 0.991. The van der Waals surface area contributed by atoms with E-state index in [0.29, 0.717) is 5.75 Å². The van der Waals surface area contributed by atoms with E-state index in [1.165, 1.54) is 7.11 Å². The summed E-state index contributed by atoms with van der Waals surface area (Å²) in [6.07, 6.45) is 0. The van der Waals surface area contributed by atoms with Crippen molar-refractivity contribution in [2.75, 3.05) is 12.9 Å². The van der Waals surface area contributed by atoms with Gasteiger partial charge in [0.25, 0.3) is 0 Å². The van der Waals surface area contributed by atoms with Gasteiger partial charge >= 0.3 is 5.97 Å². The van der Waals surface area contributed by atoms with Crippen molar-refractivity contribution in [3.8, 4) is 0 Å². The van der Waals surface area contributed by atoms with Crippen LogP contribution in [0.4, 0.5) is 0 Å². The fourth-order valence-electron chi connectivity index (χ4n) is 1.20. The third kappa shape index (κ3) is 3.27. The Labute approximate surface area is 94.0 Å². The van der Waals surface area contributed by atoms with Crippen LogP contribution in [0.5, 0.6) is 0 Å². The van der Waals surface area contributed by atoms with Crippen LogP contribution in [0.15, 0.2) is 11.1 Å². The summed E-state index contributed by atoms with van der Waals surface area (Å²) < 4.78 is 6.48. The minimum absolute atomic E-state index is 0.0878. The van der Waals surface area contributed by atoms with Crippen LogP contribution in [0.1, 0.15) is 12.6 Å². The zero-order valence-electron chi connectivity index (χ0n) is 9.48. The van der Waals surface area contributed by atoms with Crippen LogP contribution in [0.2, 0.25) is 0 Å². The summed E-state index contributed by atoms with van der Waals surface area (Å²) in [6, 6.07) is 2.01. The van der Waals surface area contributed by atoms with Crippen LogP contribution in [0.3, 0.4) is 0 Å². The van der Waals surface area contributed by atoms with Gasteiger partial charge in [-0.15, -0.1) is 11.8 Å². The normalized spacial score (nSPS) is 12.5. The molecule has 0 radical (unpaired) electrons. The predicted molar refractivity (Wildman–Crippen MR) is 59.8 cm³/mol. The molecule has 0 saturated heterocycles. The van der Waals surface area contributed by atoms with E-state index < -0.39 is 0 Å². The molecule has 84 valence electrons. The first-order chi connectivity index (χ1) is 7.04. The number of carbonyl (C=O) groups excluding carboxylic acids is 1. The molecule has 0 aromatic carbocycles. The third-order valence-electron chi connectivity index (χ3n) is 2.04. The monoisotopic (exact) mass is 228 g/mol. The second kappa shape index (κ2) is 5.21. The van der Waals surface area contributed by atoms with Gasteiger partial charge in [0.15, 0.2) is 0 Å². The lowest BCUT2D eigenvalue weighted by Gasteiger charge is -2.08. The molecule has 0 amide bonds. The highest BCUT2D eigenvalue weighted by molar-refractivity contribution is 7.99. The van der Waals surface area contributed by atoms with Crippen LogP contribution in [-0.2, 0) is 16.6 Å². The third-order valence-corrected chi connectivity index (χ3v) is 3.39. The molecule has 0 spiro atoms. The van der Waals surface area contributed by atoms with Crippen molar-refractivity contribution in [3.63, 3.8) is 0 Å². The smallest absolute Gasteiger partial charge is 0.309 e. The van der Waals surface area contributed by atoms with Crippen molar-refractivity contribution in [1.82, 2.24) is 9.78 Å². The second-order valence-corrected chi connectivity index (χ2v) is 4.52. The van der Waals surface area contributed by atoms with E-state index in [2.05, 4.69) is 9.84 Å². The number of ether oxygens (including phenoxy) is 1. The van der Waals surface area contributed by atoms with Crippen molar-refractivity contribution in [1.29, 1.82) is 0 Å². The van der Waals surface area contributed by atoms with Gasteiger partial charge in [-0.25, -0.2) is 0 Å². The number of esters is 1. The Morgan fingerprint density at radius 2 is 2.40 bits per heavy atom. The van der Waals surface area contributed by atoms with Crippen molar-refractivity contribution in [2.24, 2.45) is 13.0 Å². The van der Waals surface area contributed by atoms with Gasteiger partial charge in [0.05, 0.1) is 23.7 Å². The highest BCUT2D eigenvalue weighted by atomic mass is 32.2. The number of nitrogens with zero attached hydrogens (tertiary/aromatic N) is 2. The molecule has 1 unspecified atom stereocenters. The van der Waals surface area contributed by atoms with Crippen LogP contribution in [0, 0.1) is 12.8 Å². The van der Waals surface area contributed by atoms with E-state index in [-0.39, 0.29) is 11.9 Å². The lowest BCUT2D eigenvalue weighted by molar-refractivity contribution is -0.143. The van der Waals surface area contributed by atoms with Crippen molar-refractivity contribution < 1.29 is 9.53 Å². The highest BCUT2D eigenvalue weighted by Gasteiger charge is 2.14. The Morgan fingerprint density at radius 1 is 1.73 bits per heavy atom. The molecule has 0 aliphatic heterocycles. The van der Waals surface area contributed by atoms with Gasteiger partial charge in [-0.1, -0.05) is 6.92 Å². The molecule has 0 aliphatic carbocycles. The second-order valence-electron chi connectivity index (χ2n) is 3.48. The van der Waals surface area contributed by atoms with Gasteiger partial charge in [0.1, 0.15) is 0 Å². The minimum atomic E-state index is -0.165. The van der Waals surface area contributed by atoms with Crippen LogP contribution in [0.25, 0.3) is 0 Å². The Balaban J connectivity index is 2.50. The number of methoxy groups -OCH3 is 1. The highest BCUT2D eigenvalue weighted by Crippen LogP contribution is 2.21. The lowest BCUT2D eigenvalue weighted by Crippen LogP contribution is -2.15. The number of aryl methyl sites for hydroxylation is 2. The maximum Gasteiger partial charge on any atom is 0.309 e. The maximum absolute atomic E-state index is 11.2. The van der Waals surface area contributed by atoms with Crippen LogP contribution in [-0.4, -0.2) is 28.6 Å². The molecular formula is C10H16N2O2S. The van der Waals surface area contributed by atoms with E-state index in [1.54, 1.807) is 11.8 Å². The first-order valence-electron chi connectivity index (χ1n) is 4.76. The van der Waals surface area contributed by atoms with E-state index in [1.807, 2.05) is 31.6 Å². The molecule has 0 aliphatic rings. The number of hydrogen-bond acceptors (Lipinski definition) is 4. The minimum Gasteiger partial charge on any atom is -0.469 e. The van der Waals surface area contributed by atoms with Gasteiger partial charge < -0.3 is 4.74 Å². The summed E-state index contributed by atoms with van der Waals surface area (Å²) in [6.45, 7) is 3.82. The molecule has 0 N–H and O–H groups in total. The Kier molecular flexibility index (Phi) is 4.20. The molecule has 1 aromatic heterocycles. The molecular weight excluding hydrogens is 212 g/mol. The van der Waals surface area contributed by atoms with Gasteiger partial charge in [-0.05, 0) is 13.0 Å². The number of rotatable bonds is 4. The Bertz CT molecular complexity index is 349. The van der Waals surface area contributed by atoms with E-state index in [0.717, 1.165) is 10.7 Å². The van der Waals surface area contributed by atoms with E-state index in [9.17, 15) is 4.79 Å². The molecule has 0 fully saturated rings.